The van der Waals surface area contributed by atoms with Crippen LogP contribution in [-0.2, 0) is 22.5 Å². The summed E-state index contributed by atoms with van der Waals surface area (Å²) in [7, 11) is 0. The Balaban J connectivity index is 0.753. The van der Waals surface area contributed by atoms with Crippen molar-refractivity contribution in [2.24, 2.45) is 5.92 Å². The Morgan fingerprint density at radius 2 is 1.89 bits per heavy atom. The van der Waals surface area contributed by atoms with Crippen LogP contribution in [0.1, 0.15) is 85.4 Å². The number of anilines is 2. The predicted octanol–water partition coefficient (Wildman–Crippen LogP) is 6.80. The Morgan fingerprint density at radius 3 is 2.67 bits per heavy atom. The molecule has 12 nitrogen and oxygen atoms in total. The summed E-state index contributed by atoms with van der Waals surface area (Å²) in [4.78, 5) is 44.4. The first-order valence-electron chi connectivity index (χ1n) is 22.6. The van der Waals surface area contributed by atoms with E-state index < -0.39 is 18.8 Å². The normalized spacial score (nSPS) is 27.5. The first kappa shape index (κ1) is 41.9. The molecule has 2 N–H and O–H groups in total. The molecule has 334 valence electrons. The SMILES string of the molecule is C=C1NC(=O)CC[C@@H]1N1Cc2c(ccc3c2OC[C@H]2CN(CC4COC(C)(CCN(CC)c5ccc([C@@H]6c7[nH]c8ccccc8c7C[C@@H](C)N6CC(F)(F)F)nc5)C4)CCN32)C1=O. The number of hydrogen-bond acceptors (Lipinski definition) is 9. The third-order valence-electron chi connectivity index (χ3n) is 14.6. The number of benzene rings is 2. The zero-order chi connectivity index (χ0) is 43.8. The number of aromatic amines is 1. The summed E-state index contributed by atoms with van der Waals surface area (Å²) in [5, 5.41) is 3.88. The van der Waals surface area contributed by atoms with Gasteiger partial charge in [-0.1, -0.05) is 24.8 Å². The highest BCUT2D eigenvalue weighted by atomic mass is 19.4. The summed E-state index contributed by atoms with van der Waals surface area (Å²) in [6, 6.07) is 14.8. The fourth-order valence-electron chi connectivity index (χ4n) is 11.4. The van der Waals surface area contributed by atoms with Crippen molar-refractivity contribution in [3.05, 3.63) is 95.1 Å². The number of ether oxygens (including phenoxy) is 2. The van der Waals surface area contributed by atoms with Crippen molar-refractivity contribution in [3.63, 3.8) is 0 Å². The van der Waals surface area contributed by atoms with E-state index in [0.29, 0.717) is 61.9 Å². The third-order valence-corrected chi connectivity index (χ3v) is 14.6. The van der Waals surface area contributed by atoms with Gasteiger partial charge in [-0.2, -0.15) is 13.2 Å². The van der Waals surface area contributed by atoms with Gasteiger partial charge < -0.3 is 34.5 Å². The van der Waals surface area contributed by atoms with Crippen LogP contribution in [0.2, 0.25) is 0 Å². The average molecular weight is 867 g/mol. The number of para-hydroxylation sites is 1. The van der Waals surface area contributed by atoms with E-state index in [1.807, 2.05) is 66.6 Å². The zero-order valence-corrected chi connectivity index (χ0v) is 36.3. The Kier molecular flexibility index (Phi) is 10.7. The van der Waals surface area contributed by atoms with E-state index in [1.165, 1.54) is 4.90 Å². The third kappa shape index (κ3) is 7.83. The molecule has 0 bridgehead atoms. The molecule has 6 atom stereocenters. The number of carbonyl (C=O) groups excluding carboxylic acids is 2. The molecule has 0 saturated carbocycles. The van der Waals surface area contributed by atoms with Crippen molar-refractivity contribution < 1.29 is 32.2 Å². The molecule has 10 rings (SSSR count). The fraction of sp³-hybridized carbons (Fsp3) is 0.521. The molecule has 3 fully saturated rings. The molecule has 0 aliphatic carbocycles. The molecule has 2 aromatic carbocycles. The van der Waals surface area contributed by atoms with Crippen LogP contribution in [-0.4, -0.2) is 125 Å². The zero-order valence-electron chi connectivity index (χ0n) is 36.3. The summed E-state index contributed by atoms with van der Waals surface area (Å²) >= 11 is 0. The molecule has 63 heavy (non-hydrogen) atoms. The maximum absolute atomic E-state index is 14.0. The van der Waals surface area contributed by atoms with Gasteiger partial charge >= 0.3 is 6.18 Å². The summed E-state index contributed by atoms with van der Waals surface area (Å²) in [6.45, 7) is 16.1. The van der Waals surface area contributed by atoms with Crippen LogP contribution in [0.3, 0.4) is 0 Å². The number of nitrogens with zero attached hydrogens (tertiary/aromatic N) is 6. The van der Waals surface area contributed by atoms with Crippen molar-refractivity contribution in [3.8, 4) is 5.75 Å². The van der Waals surface area contributed by atoms with E-state index >= 15 is 0 Å². The molecule has 4 aromatic rings. The van der Waals surface area contributed by atoms with E-state index in [1.54, 1.807) is 0 Å². The lowest BCUT2D eigenvalue weighted by molar-refractivity contribution is -0.155. The van der Waals surface area contributed by atoms with Crippen LogP contribution < -0.4 is 19.9 Å². The number of fused-ring (bicyclic) bond motifs is 8. The lowest BCUT2D eigenvalue weighted by atomic mass is 9.90. The van der Waals surface area contributed by atoms with Crippen LogP contribution in [0.4, 0.5) is 24.5 Å². The second-order valence-electron chi connectivity index (χ2n) is 18.8. The minimum Gasteiger partial charge on any atom is -0.489 e. The lowest BCUT2D eigenvalue weighted by Crippen LogP contribution is -2.58. The predicted molar refractivity (Wildman–Crippen MR) is 235 cm³/mol. The number of nitrogens with one attached hydrogen (secondary N) is 2. The largest absolute Gasteiger partial charge is 0.489 e. The molecule has 0 spiro atoms. The standard InChI is InChI=1S/C48H57F3N8O4/c1-5-56(32-10-12-39(52-22-32)44-43-36(34-8-6-7-9-38(34)54-43)20-29(2)59(44)28-48(49,50)51)17-16-47(4)21-31(26-63-47)23-55-18-19-57-33(24-55)27-62-45-37-25-58(40-14-15-42(60)53-30(40)3)46(61)35(37)11-13-41(45)57/h6-13,22,29,31,33,40,44,54H,3,5,14-21,23-28H2,1-2,4H3,(H,53,60)/t29-,31?,33-,40+,44-,47?/m1/s1. The van der Waals surface area contributed by atoms with E-state index in [4.69, 9.17) is 14.5 Å². The van der Waals surface area contributed by atoms with Gasteiger partial charge in [0.25, 0.3) is 5.91 Å². The van der Waals surface area contributed by atoms with E-state index in [0.717, 1.165) is 97.0 Å². The van der Waals surface area contributed by atoms with Crippen LogP contribution >= 0.6 is 0 Å². The van der Waals surface area contributed by atoms with Crippen LogP contribution in [0, 0.1) is 5.92 Å². The molecular weight excluding hydrogens is 810 g/mol. The molecule has 15 heteroatoms. The molecule has 3 saturated heterocycles. The minimum absolute atomic E-state index is 0.0402. The number of carbonyl (C=O) groups is 2. The van der Waals surface area contributed by atoms with Crippen molar-refractivity contribution in [2.45, 2.75) is 95.4 Å². The highest BCUT2D eigenvalue weighted by Gasteiger charge is 2.45. The van der Waals surface area contributed by atoms with Crippen molar-refractivity contribution in [2.75, 3.05) is 68.8 Å². The number of H-pyrrole nitrogens is 1. The summed E-state index contributed by atoms with van der Waals surface area (Å²) in [6.07, 6.45) is 0.749. The number of alkyl halides is 3. The van der Waals surface area contributed by atoms with E-state index in [9.17, 15) is 22.8 Å². The molecule has 2 amide bonds. The van der Waals surface area contributed by atoms with Gasteiger partial charge in [0.05, 0.1) is 66.7 Å². The summed E-state index contributed by atoms with van der Waals surface area (Å²) in [5.74, 6) is 1.12. The van der Waals surface area contributed by atoms with Gasteiger partial charge in [-0.05, 0) is 88.3 Å². The van der Waals surface area contributed by atoms with Gasteiger partial charge in [0.2, 0.25) is 5.91 Å². The number of piperazine rings is 1. The first-order chi connectivity index (χ1) is 30.3. The number of pyridine rings is 1. The van der Waals surface area contributed by atoms with Crippen LogP contribution in [0.15, 0.2) is 67.0 Å². The summed E-state index contributed by atoms with van der Waals surface area (Å²) in [5.41, 5.74) is 7.28. The summed E-state index contributed by atoms with van der Waals surface area (Å²) < 4.78 is 55.0. The van der Waals surface area contributed by atoms with E-state index in [2.05, 4.69) is 45.4 Å². The second kappa shape index (κ2) is 16.1. The molecule has 0 radical (unpaired) electrons. The quantitative estimate of drug-likeness (QED) is 0.178. The average Bonchev–Trinajstić information content (AvgIpc) is 3.93. The maximum atomic E-state index is 14.0. The number of rotatable bonds is 10. The fourth-order valence-corrected chi connectivity index (χ4v) is 11.4. The van der Waals surface area contributed by atoms with Gasteiger partial charge in [0.1, 0.15) is 12.4 Å². The van der Waals surface area contributed by atoms with Gasteiger partial charge in [0.15, 0.2) is 0 Å². The van der Waals surface area contributed by atoms with Crippen molar-refractivity contribution >= 4 is 34.1 Å². The topological polar surface area (TPSA) is 110 Å². The molecular formula is C48H57F3N8O4. The Labute approximate surface area is 366 Å². The minimum atomic E-state index is -4.34. The van der Waals surface area contributed by atoms with E-state index in [-0.39, 0.29) is 35.5 Å². The molecule has 2 aromatic heterocycles. The highest BCUT2D eigenvalue weighted by Crippen LogP contribution is 2.45. The lowest BCUT2D eigenvalue weighted by Gasteiger charge is -2.46. The molecule has 6 aliphatic rings. The van der Waals surface area contributed by atoms with Gasteiger partial charge in [-0.25, -0.2) is 0 Å². The second-order valence-corrected chi connectivity index (χ2v) is 18.8. The first-order valence-corrected chi connectivity index (χ1v) is 22.6. The molecule has 6 aliphatic heterocycles. The van der Waals surface area contributed by atoms with Crippen LogP contribution in [0.5, 0.6) is 5.75 Å². The van der Waals surface area contributed by atoms with Gasteiger partial charge in [-0.3, -0.25) is 24.4 Å². The number of aromatic nitrogens is 2. The smallest absolute Gasteiger partial charge is 0.401 e. The van der Waals surface area contributed by atoms with Crippen molar-refractivity contribution in [1.29, 1.82) is 0 Å². The Morgan fingerprint density at radius 1 is 1.05 bits per heavy atom. The number of halogens is 3. The van der Waals surface area contributed by atoms with Crippen LogP contribution in [0.25, 0.3) is 10.9 Å². The molecule has 2 unspecified atom stereocenters. The van der Waals surface area contributed by atoms with Crippen molar-refractivity contribution in [1.82, 2.24) is 30.0 Å². The monoisotopic (exact) mass is 866 g/mol. The number of piperidine rings is 1. The Hall–Kier alpha value is -5.12. The maximum Gasteiger partial charge on any atom is 0.401 e. The Bertz CT molecular complexity index is 2420. The molecule has 8 heterocycles. The number of amides is 2. The number of hydrogen-bond donors (Lipinski definition) is 2. The highest BCUT2D eigenvalue weighted by molar-refractivity contribution is 6.01. The van der Waals surface area contributed by atoms with Gasteiger partial charge in [0, 0.05) is 85.2 Å². The van der Waals surface area contributed by atoms with Gasteiger partial charge in [-0.15, -0.1) is 0 Å².